The van der Waals surface area contributed by atoms with Crippen molar-refractivity contribution in [2.75, 3.05) is 25.0 Å². The average molecular weight is 459 g/mol. The summed E-state index contributed by atoms with van der Waals surface area (Å²) in [4.78, 5) is 12.5. The molecule has 1 heterocycles. The standard InChI is InChI=1S/C23H26N2O6S/c1-17-6-7-18(23(26)24-12-4-13-30-16-21-5-3-14-31-21)15-22(17)32(27,28)25-19-8-10-20(29-2)11-9-19/h3,5-11,14-15,25H,4,12-13,16H2,1-2H3,(H,24,26). The Morgan fingerprint density at radius 3 is 2.56 bits per heavy atom. The van der Waals surface area contributed by atoms with Gasteiger partial charge in [-0.05, 0) is 67.4 Å². The maximum atomic E-state index is 12.9. The molecule has 1 amide bonds. The Kier molecular flexibility index (Phi) is 7.91. The molecule has 0 atom stereocenters. The third-order valence-corrected chi connectivity index (χ3v) is 6.18. The molecule has 0 aliphatic heterocycles. The number of benzene rings is 2. The van der Waals surface area contributed by atoms with E-state index in [0.29, 0.717) is 43.2 Å². The Balaban J connectivity index is 1.56. The van der Waals surface area contributed by atoms with Gasteiger partial charge in [-0.2, -0.15) is 0 Å². The van der Waals surface area contributed by atoms with Crippen molar-refractivity contribution in [1.82, 2.24) is 5.32 Å². The quantitative estimate of drug-likeness (QED) is 0.424. The topological polar surface area (TPSA) is 107 Å². The Morgan fingerprint density at radius 2 is 1.88 bits per heavy atom. The minimum absolute atomic E-state index is 0.0442. The Bertz CT molecular complexity index is 1130. The minimum atomic E-state index is -3.87. The molecule has 32 heavy (non-hydrogen) atoms. The summed E-state index contributed by atoms with van der Waals surface area (Å²) < 4.78 is 44.0. The first-order valence-electron chi connectivity index (χ1n) is 10.0. The Labute approximate surface area is 187 Å². The number of hydrogen-bond donors (Lipinski definition) is 2. The van der Waals surface area contributed by atoms with Gasteiger partial charge in [0.15, 0.2) is 0 Å². The lowest BCUT2D eigenvalue weighted by Crippen LogP contribution is -2.26. The van der Waals surface area contributed by atoms with Gasteiger partial charge >= 0.3 is 0 Å². The van der Waals surface area contributed by atoms with E-state index in [1.54, 1.807) is 55.7 Å². The minimum Gasteiger partial charge on any atom is -0.497 e. The lowest BCUT2D eigenvalue weighted by atomic mass is 10.1. The van der Waals surface area contributed by atoms with E-state index in [1.165, 1.54) is 13.2 Å². The number of hydrogen-bond acceptors (Lipinski definition) is 6. The van der Waals surface area contributed by atoms with Crippen molar-refractivity contribution in [2.45, 2.75) is 24.8 Å². The lowest BCUT2D eigenvalue weighted by Gasteiger charge is -2.13. The van der Waals surface area contributed by atoms with Crippen LogP contribution in [0.1, 0.15) is 28.1 Å². The fraction of sp³-hybridized carbons (Fsp3) is 0.261. The normalized spacial score (nSPS) is 11.2. The number of sulfonamides is 1. The summed E-state index contributed by atoms with van der Waals surface area (Å²) in [6.07, 6.45) is 2.20. The number of carbonyl (C=O) groups excluding carboxylic acids is 1. The maximum Gasteiger partial charge on any atom is 0.262 e. The van der Waals surface area contributed by atoms with Crippen molar-refractivity contribution in [1.29, 1.82) is 0 Å². The van der Waals surface area contributed by atoms with E-state index in [2.05, 4.69) is 10.0 Å². The summed E-state index contributed by atoms with van der Waals surface area (Å²) in [7, 11) is -2.34. The smallest absolute Gasteiger partial charge is 0.262 e. The third-order valence-electron chi connectivity index (χ3n) is 4.66. The molecule has 0 spiro atoms. The summed E-state index contributed by atoms with van der Waals surface area (Å²) in [5, 5.41) is 2.78. The van der Waals surface area contributed by atoms with E-state index in [-0.39, 0.29) is 16.4 Å². The second-order valence-corrected chi connectivity index (χ2v) is 8.71. The number of aryl methyl sites for hydroxylation is 1. The van der Waals surface area contributed by atoms with Crippen LogP contribution in [0.2, 0.25) is 0 Å². The molecule has 3 aromatic rings. The first-order chi connectivity index (χ1) is 15.4. The Morgan fingerprint density at radius 1 is 1.09 bits per heavy atom. The van der Waals surface area contributed by atoms with Crippen LogP contribution in [-0.4, -0.2) is 34.6 Å². The molecule has 0 fully saturated rings. The molecule has 0 saturated heterocycles. The number of furan rings is 1. The highest BCUT2D eigenvalue weighted by molar-refractivity contribution is 7.92. The molecule has 0 aliphatic rings. The van der Waals surface area contributed by atoms with Crippen LogP contribution in [0.4, 0.5) is 5.69 Å². The molecule has 0 saturated carbocycles. The predicted octanol–water partition coefficient (Wildman–Crippen LogP) is 3.73. The van der Waals surface area contributed by atoms with Gasteiger partial charge in [-0.1, -0.05) is 6.07 Å². The number of carbonyl (C=O) groups is 1. The molecule has 3 rings (SSSR count). The van der Waals surface area contributed by atoms with Gasteiger partial charge in [0.25, 0.3) is 15.9 Å². The molecule has 0 aliphatic carbocycles. The SMILES string of the molecule is COc1ccc(NS(=O)(=O)c2cc(C(=O)NCCCOCc3ccco3)ccc2C)cc1. The molecule has 2 N–H and O–H groups in total. The number of methoxy groups -OCH3 is 1. The fourth-order valence-corrected chi connectivity index (χ4v) is 4.28. The maximum absolute atomic E-state index is 12.9. The summed E-state index contributed by atoms with van der Waals surface area (Å²) in [5.41, 5.74) is 1.20. The van der Waals surface area contributed by atoms with Gasteiger partial charge in [0.2, 0.25) is 0 Å². The van der Waals surface area contributed by atoms with E-state index >= 15 is 0 Å². The fourth-order valence-electron chi connectivity index (χ4n) is 2.95. The van der Waals surface area contributed by atoms with E-state index in [0.717, 1.165) is 5.76 Å². The molecule has 0 bridgehead atoms. The largest absolute Gasteiger partial charge is 0.497 e. The first-order valence-corrected chi connectivity index (χ1v) is 11.5. The molecular formula is C23H26N2O6S. The van der Waals surface area contributed by atoms with Gasteiger partial charge in [0.05, 0.1) is 18.3 Å². The van der Waals surface area contributed by atoms with Gasteiger partial charge in [-0.25, -0.2) is 8.42 Å². The zero-order chi connectivity index (χ0) is 23.0. The van der Waals surface area contributed by atoms with Crippen LogP contribution < -0.4 is 14.8 Å². The van der Waals surface area contributed by atoms with Gasteiger partial charge in [0, 0.05) is 24.4 Å². The van der Waals surface area contributed by atoms with Crippen molar-refractivity contribution in [3.8, 4) is 5.75 Å². The molecule has 1 aromatic heterocycles. The van der Waals surface area contributed by atoms with Crippen molar-refractivity contribution in [2.24, 2.45) is 0 Å². The zero-order valence-electron chi connectivity index (χ0n) is 18.0. The van der Waals surface area contributed by atoms with Crippen LogP contribution in [0.3, 0.4) is 0 Å². The van der Waals surface area contributed by atoms with Crippen LogP contribution in [-0.2, 0) is 21.4 Å². The van der Waals surface area contributed by atoms with Crippen molar-refractivity contribution < 1.29 is 27.1 Å². The monoisotopic (exact) mass is 458 g/mol. The molecule has 9 heteroatoms. The van der Waals surface area contributed by atoms with Crippen molar-refractivity contribution in [3.05, 3.63) is 77.7 Å². The molecular weight excluding hydrogens is 432 g/mol. The Hall–Kier alpha value is -3.30. The predicted molar refractivity (Wildman–Crippen MR) is 120 cm³/mol. The molecule has 8 nitrogen and oxygen atoms in total. The van der Waals surface area contributed by atoms with Crippen molar-refractivity contribution >= 4 is 21.6 Å². The molecule has 0 radical (unpaired) electrons. The first kappa shape index (κ1) is 23.4. The van der Waals surface area contributed by atoms with E-state index < -0.39 is 10.0 Å². The van der Waals surface area contributed by atoms with Gasteiger partial charge in [-0.3, -0.25) is 9.52 Å². The molecule has 170 valence electrons. The third kappa shape index (κ3) is 6.35. The van der Waals surface area contributed by atoms with Crippen LogP contribution in [0, 0.1) is 6.92 Å². The van der Waals surface area contributed by atoms with E-state index in [4.69, 9.17) is 13.9 Å². The number of anilines is 1. The highest BCUT2D eigenvalue weighted by atomic mass is 32.2. The second kappa shape index (κ2) is 10.8. The van der Waals surface area contributed by atoms with Gasteiger partial charge in [0.1, 0.15) is 18.1 Å². The van der Waals surface area contributed by atoms with Crippen molar-refractivity contribution in [3.63, 3.8) is 0 Å². The average Bonchev–Trinajstić information content (AvgIpc) is 3.30. The lowest BCUT2D eigenvalue weighted by molar-refractivity contribution is 0.0917. The highest BCUT2D eigenvalue weighted by Crippen LogP contribution is 2.22. The second-order valence-electron chi connectivity index (χ2n) is 7.06. The molecule has 2 aromatic carbocycles. The summed E-state index contributed by atoms with van der Waals surface area (Å²) in [6, 6.07) is 14.8. The highest BCUT2D eigenvalue weighted by Gasteiger charge is 2.19. The summed E-state index contributed by atoms with van der Waals surface area (Å²) in [6.45, 7) is 2.92. The zero-order valence-corrected chi connectivity index (χ0v) is 18.8. The van der Waals surface area contributed by atoms with Crippen LogP contribution >= 0.6 is 0 Å². The van der Waals surface area contributed by atoms with E-state index in [9.17, 15) is 13.2 Å². The van der Waals surface area contributed by atoms with Crippen LogP contribution in [0.15, 0.2) is 70.2 Å². The van der Waals surface area contributed by atoms with E-state index in [1.807, 2.05) is 6.07 Å². The van der Waals surface area contributed by atoms with Gasteiger partial charge in [-0.15, -0.1) is 0 Å². The van der Waals surface area contributed by atoms with Crippen LogP contribution in [0.5, 0.6) is 5.75 Å². The summed E-state index contributed by atoms with van der Waals surface area (Å²) >= 11 is 0. The number of ether oxygens (including phenoxy) is 2. The summed E-state index contributed by atoms with van der Waals surface area (Å²) in [5.74, 6) is 1.01. The van der Waals surface area contributed by atoms with Crippen LogP contribution in [0.25, 0.3) is 0 Å². The number of rotatable bonds is 11. The van der Waals surface area contributed by atoms with Gasteiger partial charge < -0.3 is 19.2 Å². The number of nitrogens with one attached hydrogen (secondary N) is 2. The molecule has 0 unspecified atom stereocenters. The number of amides is 1.